The van der Waals surface area contributed by atoms with Crippen molar-refractivity contribution in [3.8, 4) is 0 Å². The lowest BCUT2D eigenvalue weighted by Gasteiger charge is -2.41. The third-order valence-electron chi connectivity index (χ3n) is 5.54. The van der Waals surface area contributed by atoms with Crippen LogP contribution in [0.15, 0.2) is 28.7 Å². The Morgan fingerprint density at radius 3 is 2.30 bits per heavy atom. The van der Waals surface area contributed by atoms with Gasteiger partial charge in [-0.1, -0.05) is 28.1 Å². The van der Waals surface area contributed by atoms with Crippen molar-refractivity contribution >= 4 is 34.2 Å². The Morgan fingerprint density at radius 1 is 1.17 bits per heavy atom. The first-order valence-electron chi connectivity index (χ1n) is 8.19. The molecular formula is C18H26BrClN2O. The zero-order valence-electron chi connectivity index (χ0n) is 13.9. The maximum atomic E-state index is 13.0. The molecule has 0 unspecified atom stereocenters. The van der Waals surface area contributed by atoms with Crippen molar-refractivity contribution in [3.05, 3.63) is 34.3 Å². The zero-order chi connectivity index (χ0) is 15.8. The van der Waals surface area contributed by atoms with Gasteiger partial charge >= 0.3 is 0 Å². The monoisotopic (exact) mass is 400 g/mol. The topological polar surface area (TPSA) is 32.3 Å². The summed E-state index contributed by atoms with van der Waals surface area (Å²) in [6.07, 6.45) is 3.55. The fourth-order valence-electron chi connectivity index (χ4n) is 3.79. The summed E-state index contributed by atoms with van der Waals surface area (Å²) in [4.78, 5) is 15.1. The highest BCUT2D eigenvalue weighted by molar-refractivity contribution is 9.10. The van der Waals surface area contributed by atoms with Gasteiger partial charge in [0.25, 0.3) is 0 Å². The summed E-state index contributed by atoms with van der Waals surface area (Å²) in [5.41, 5.74) is 1.08. The molecule has 128 valence electrons. The van der Waals surface area contributed by atoms with Crippen LogP contribution >= 0.6 is 28.3 Å². The van der Waals surface area contributed by atoms with Crippen molar-refractivity contribution in [3.63, 3.8) is 0 Å². The molecule has 2 aliphatic heterocycles. The van der Waals surface area contributed by atoms with Gasteiger partial charge in [0, 0.05) is 24.1 Å². The van der Waals surface area contributed by atoms with E-state index < -0.39 is 5.41 Å². The molecule has 1 spiro atoms. The van der Waals surface area contributed by atoms with E-state index in [1.165, 1.54) is 6.42 Å². The molecule has 0 saturated carbocycles. The van der Waals surface area contributed by atoms with E-state index in [0.717, 1.165) is 49.1 Å². The smallest absolute Gasteiger partial charge is 0.232 e. The van der Waals surface area contributed by atoms with Gasteiger partial charge in [0.1, 0.15) is 0 Å². The van der Waals surface area contributed by atoms with Crippen molar-refractivity contribution in [2.24, 2.45) is 5.41 Å². The second kappa shape index (κ2) is 7.12. The molecule has 2 fully saturated rings. The summed E-state index contributed by atoms with van der Waals surface area (Å²) in [7, 11) is 0. The van der Waals surface area contributed by atoms with Gasteiger partial charge in [-0.3, -0.25) is 4.79 Å². The molecule has 2 saturated heterocycles. The van der Waals surface area contributed by atoms with Crippen LogP contribution in [-0.4, -0.2) is 37.0 Å². The highest BCUT2D eigenvalue weighted by atomic mass is 79.9. The molecule has 2 aliphatic rings. The van der Waals surface area contributed by atoms with Crippen molar-refractivity contribution < 1.29 is 4.79 Å². The highest BCUT2D eigenvalue weighted by Crippen LogP contribution is 2.38. The summed E-state index contributed by atoms with van der Waals surface area (Å²) in [6.45, 7) is 8.16. The number of halogens is 2. The van der Waals surface area contributed by atoms with Gasteiger partial charge in [-0.05, 0) is 62.8 Å². The molecule has 3 nitrogen and oxygen atoms in total. The lowest BCUT2D eigenvalue weighted by atomic mass is 9.76. The van der Waals surface area contributed by atoms with E-state index in [1.54, 1.807) is 0 Å². The minimum atomic E-state index is -0.459. The Morgan fingerprint density at radius 2 is 1.78 bits per heavy atom. The van der Waals surface area contributed by atoms with E-state index in [2.05, 4.69) is 26.1 Å². The summed E-state index contributed by atoms with van der Waals surface area (Å²) >= 11 is 3.46. The number of likely N-dealkylation sites (tertiary alicyclic amines) is 1. The molecule has 0 aliphatic carbocycles. The van der Waals surface area contributed by atoms with Gasteiger partial charge in [0.15, 0.2) is 0 Å². The fraction of sp³-hybridized carbons (Fsp3) is 0.611. The Bertz CT molecular complexity index is 543. The normalized spacial score (nSPS) is 20.4. The van der Waals surface area contributed by atoms with Gasteiger partial charge in [0.05, 0.1) is 5.41 Å². The summed E-state index contributed by atoms with van der Waals surface area (Å²) < 4.78 is 1.05. The number of benzene rings is 1. The van der Waals surface area contributed by atoms with E-state index in [4.69, 9.17) is 0 Å². The van der Waals surface area contributed by atoms with E-state index >= 15 is 0 Å². The van der Waals surface area contributed by atoms with Crippen LogP contribution in [0.5, 0.6) is 0 Å². The number of amides is 1. The van der Waals surface area contributed by atoms with E-state index in [-0.39, 0.29) is 18.3 Å². The van der Waals surface area contributed by atoms with Crippen molar-refractivity contribution in [2.45, 2.75) is 38.5 Å². The molecule has 0 radical (unpaired) electrons. The third-order valence-corrected chi connectivity index (χ3v) is 6.07. The maximum absolute atomic E-state index is 13.0. The Hall–Kier alpha value is -0.580. The molecule has 1 N–H and O–H groups in total. The Balaban J connectivity index is 0.00000192. The lowest BCUT2D eigenvalue weighted by molar-refractivity contribution is -0.138. The molecule has 1 aromatic carbocycles. The van der Waals surface area contributed by atoms with E-state index in [0.29, 0.717) is 5.41 Å². The lowest BCUT2D eigenvalue weighted by Crippen LogP contribution is -2.49. The van der Waals surface area contributed by atoms with Gasteiger partial charge in [-0.25, -0.2) is 0 Å². The largest absolute Gasteiger partial charge is 0.342 e. The van der Waals surface area contributed by atoms with Crippen molar-refractivity contribution in [1.29, 1.82) is 0 Å². The van der Waals surface area contributed by atoms with Gasteiger partial charge < -0.3 is 10.2 Å². The number of nitrogens with one attached hydrogen (secondary N) is 1. The minimum absolute atomic E-state index is 0. The number of piperidine rings is 1. The van der Waals surface area contributed by atoms with Crippen LogP contribution in [0.1, 0.15) is 38.7 Å². The Labute approximate surface area is 153 Å². The van der Waals surface area contributed by atoms with Crippen molar-refractivity contribution in [1.82, 2.24) is 10.2 Å². The first-order chi connectivity index (χ1) is 10.4. The fourth-order valence-corrected chi connectivity index (χ4v) is 4.06. The summed E-state index contributed by atoms with van der Waals surface area (Å²) in [5, 5.41) is 3.48. The zero-order valence-corrected chi connectivity index (χ0v) is 16.3. The van der Waals surface area contributed by atoms with Crippen LogP contribution in [0.25, 0.3) is 0 Å². The molecule has 2 heterocycles. The van der Waals surface area contributed by atoms with E-state index in [9.17, 15) is 4.79 Å². The molecule has 1 amide bonds. The molecule has 5 heteroatoms. The third kappa shape index (κ3) is 3.75. The SMILES string of the molecule is CC(C)(C(=O)N1CCC2(CCNC2)CC1)c1ccc(Br)cc1.Cl. The second-order valence-electron chi connectivity index (χ2n) is 7.35. The van der Waals surface area contributed by atoms with Crippen LogP contribution in [0, 0.1) is 5.41 Å². The number of hydrogen-bond acceptors (Lipinski definition) is 2. The van der Waals surface area contributed by atoms with Gasteiger partial charge in [-0.2, -0.15) is 0 Å². The van der Waals surface area contributed by atoms with Gasteiger partial charge in [0.2, 0.25) is 5.91 Å². The number of nitrogens with zero attached hydrogens (tertiary/aromatic N) is 1. The van der Waals surface area contributed by atoms with Crippen LogP contribution in [0.3, 0.4) is 0 Å². The molecule has 23 heavy (non-hydrogen) atoms. The minimum Gasteiger partial charge on any atom is -0.342 e. The molecule has 0 atom stereocenters. The first kappa shape index (κ1) is 18.8. The second-order valence-corrected chi connectivity index (χ2v) is 8.27. The van der Waals surface area contributed by atoms with Gasteiger partial charge in [-0.15, -0.1) is 12.4 Å². The van der Waals surface area contributed by atoms with Crippen molar-refractivity contribution in [2.75, 3.05) is 26.2 Å². The molecule has 0 bridgehead atoms. The number of rotatable bonds is 2. The van der Waals surface area contributed by atoms with Crippen LogP contribution < -0.4 is 5.32 Å². The van der Waals surface area contributed by atoms with Crippen LogP contribution in [-0.2, 0) is 10.2 Å². The quantitative estimate of drug-likeness (QED) is 0.818. The first-order valence-corrected chi connectivity index (χ1v) is 8.98. The average Bonchev–Trinajstić information content (AvgIpc) is 2.96. The summed E-state index contributed by atoms with van der Waals surface area (Å²) in [6, 6.07) is 8.13. The van der Waals surface area contributed by atoms with Crippen LogP contribution in [0.2, 0.25) is 0 Å². The predicted octanol–water partition coefficient (Wildman–Crippen LogP) is 3.75. The maximum Gasteiger partial charge on any atom is 0.232 e. The standard InChI is InChI=1S/C18H25BrN2O.ClH/c1-17(2,14-3-5-15(19)6-4-14)16(22)21-11-8-18(9-12-21)7-10-20-13-18;/h3-6,20H,7-13H2,1-2H3;1H. The molecule has 3 rings (SSSR count). The molecule has 1 aromatic rings. The molecular weight excluding hydrogens is 376 g/mol. The average molecular weight is 402 g/mol. The summed E-state index contributed by atoms with van der Waals surface area (Å²) in [5.74, 6) is 0.260. The highest BCUT2D eigenvalue weighted by Gasteiger charge is 2.41. The number of carbonyl (C=O) groups excluding carboxylic acids is 1. The number of carbonyl (C=O) groups is 1. The van der Waals surface area contributed by atoms with E-state index in [1.807, 2.05) is 38.1 Å². The number of hydrogen-bond donors (Lipinski definition) is 1. The van der Waals surface area contributed by atoms with Crippen LogP contribution in [0.4, 0.5) is 0 Å². The molecule has 0 aromatic heterocycles. The Kier molecular flexibility index (Phi) is 5.81. The predicted molar refractivity (Wildman–Crippen MR) is 100 cm³/mol.